The van der Waals surface area contributed by atoms with E-state index in [1.807, 2.05) is 5.01 Å². The minimum Gasteiger partial charge on any atom is -0.268 e. The van der Waals surface area contributed by atoms with Gasteiger partial charge in [0.25, 0.3) is 0 Å². The van der Waals surface area contributed by atoms with Gasteiger partial charge < -0.3 is 0 Å². The molecule has 0 unspecified atom stereocenters. The zero-order valence-electron chi connectivity index (χ0n) is 13.6. The summed E-state index contributed by atoms with van der Waals surface area (Å²) in [6.07, 6.45) is 0. The molecular weight excluding hydrogens is 440 g/mol. The van der Waals surface area contributed by atoms with E-state index in [0.29, 0.717) is 0 Å². The molecule has 0 saturated heterocycles. The predicted octanol–water partition coefficient (Wildman–Crippen LogP) is 5.24. The van der Waals surface area contributed by atoms with Crippen LogP contribution in [0.4, 0.5) is 0 Å². The second-order valence-electron chi connectivity index (χ2n) is 6.48. The Morgan fingerprint density at radius 3 is 1.84 bits per heavy atom. The molecule has 3 aromatic carbocycles. The molecule has 0 aliphatic carbocycles. The van der Waals surface area contributed by atoms with Crippen LogP contribution in [0.5, 0.6) is 0 Å². The zero-order valence-corrected chi connectivity index (χ0v) is 16.8. The molecule has 0 fully saturated rings. The summed E-state index contributed by atoms with van der Waals surface area (Å²) in [5.74, 6) is 6.37. The molecule has 1 heterocycles. The van der Waals surface area contributed by atoms with Crippen molar-refractivity contribution in [2.45, 2.75) is 12.0 Å². The molecule has 4 rings (SSSR count). The molecule has 0 spiro atoms. The molecule has 0 amide bonds. The van der Waals surface area contributed by atoms with Crippen LogP contribution >= 0.6 is 31.9 Å². The van der Waals surface area contributed by atoms with E-state index in [4.69, 9.17) is 5.84 Å². The second-order valence-corrected chi connectivity index (χ2v) is 8.31. The van der Waals surface area contributed by atoms with Crippen molar-refractivity contribution in [3.8, 4) is 0 Å². The van der Waals surface area contributed by atoms with Crippen molar-refractivity contribution in [1.82, 2.24) is 5.01 Å². The number of halogens is 2. The molecule has 0 aromatic heterocycles. The van der Waals surface area contributed by atoms with Gasteiger partial charge in [-0.3, -0.25) is 5.84 Å². The van der Waals surface area contributed by atoms with Crippen LogP contribution in [0.25, 0.3) is 0 Å². The van der Waals surface area contributed by atoms with E-state index < -0.39 is 0 Å². The van der Waals surface area contributed by atoms with Crippen LogP contribution in [0.3, 0.4) is 0 Å². The van der Waals surface area contributed by atoms with Gasteiger partial charge >= 0.3 is 0 Å². The molecule has 1 aliphatic heterocycles. The van der Waals surface area contributed by atoms with Gasteiger partial charge in [-0.1, -0.05) is 80.4 Å². The Bertz CT molecular complexity index is 843. The number of benzene rings is 3. The van der Waals surface area contributed by atoms with Gasteiger partial charge in [-0.25, -0.2) is 5.01 Å². The monoisotopic (exact) mass is 456 g/mol. The van der Waals surface area contributed by atoms with Gasteiger partial charge in [0.1, 0.15) is 0 Å². The lowest BCUT2D eigenvalue weighted by Crippen LogP contribution is -2.49. The topological polar surface area (TPSA) is 29.3 Å². The number of hydrazine groups is 1. The standard InChI is InChI=1S/C21H18Br2N2/c22-18-9-5-16(6-10-18)21(17-7-11-19(23)12-8-17)14-25(24)13-15-3-1-2-4-20(15)21/h1-12H,13-14,24H2. The molecule has 0 atom stereocenters. The van der Waals surface area contributed by atoms with Crippen molar-refractivity contribution < 1.29 is 0 Å². The molecule has 0 radical (unpaired) electrons. The number of nitrogens with zero attached hydrogens (tertiary/aromatic N) is 1. The first-order valence-electron chi connectivity index (χ1n) is 8.20. The van der Waals surface area contributed by atoms with Crippen molar-refractivity contribution in [2.75, 3.05) is 6.54 Å². The highest BCUT2D eigenvalue weighted by molar-refractivity contribution is 9.10. The van der Waals surface area contributed by atoms with E-state index in [1.54, 1.807) is 0 Å². The van der Waals surface area contributed by atoms with Crippen molar-refractivity contribution >= 4 is 31.9 Å². The Hall–Kier alpha value is -1.46. The largest absolute Gasteiger partial charge is 0.268 e. The summed E-state index contributed by atoms with van der Waals surface area (Å²) in [4.78, 5) is 0. The summed E-state index contributed by atoms with van der Waals surface area (Å²) in [5, 5.41) is 1.92. The van der Waals surface area contributed by atoms with Crippen molar-refractivity contribution in [2.24, 2.45) is 5.84 Å². The summed E-state index contributed by atoms with van der Waals surface area (Å²) >= 11 is 7.11. The molecule has 126 valence electrons. The highest BCUT2D eigenvalue weighted by Gasteiger charge is 2.41. The first-order valence-corrected chi connectivity index (χ1v) is 9.78. The third-order valence-corrected chi connectivity index (χ3v) is 6.02. The van der Waals surface area contributed by atoms with Crippen LogP contribution < -0.4 is 5.84 Å². The van der Waals surface area contributed by atoms with Crippen LogP contribution in [0.2, 0.25) is 0 Å². The lowest BCUT2D eigenvalue weighted by atomic mass is 9.66. The normalized spacial score (nSPS) is 16.4. The van der Waals surface area contributed by atoms with E-state index in [-0.39, 0.29) is 5.41 Å². The fourth-order valence-corrected chi connectivity index (χ4v) is 4.40. The minimum atomic E-state index is -0.287. The average Bonchev–Trinajstić information content (AvgIpc) is 2.62. The van der Waals surface area contributed by atoms with Crippen molar-refractivity contribution in [3.05, 3.63) is 104 Å². The average molecular weight is 458 g/mol. The molecule has 25 heavy (non-hydrogen) atoms. The highest BCUT2D eigenvalue weighted by atomic mass is 79.9. The van der Waals surface area contributed by atoms with Crippen molar-refractivity contribution in [3.63, 3.8) is 0 Å². The number of nitrogens with two attached hydrogens (primary N) is 1. The molecule has 0 bridgehead atoms. The second kappa shape index (κ2) is 6.69. The smallest absolute Gasteiger partial charge is 0.0595 e. The fourth-order valence-electron chi connectivity index (χ4n) is 3.87. The lowest BCUT2D eigenvalue weighted by molar-refractivity contribution is 0.218. The zero-order chi connectivity index (χ0) is 17.4. The Morgan fingerprint density at radius 1 is 0.760 bits per heavy atom. The molecule has 2 N–H and O–H groups in total. The molecule has 2 nitrogen and oxygen atoms in total. The first-order chi connectivity index (χ1) is 12.1. The summed E-state index contributed by atoms with van der Waals surface area (Å²) in [5.41, 5.74) is 4.83. The van der Waals surface area contributed by atoms with E-state index in [2.05, 4.69) is 105 Å². The summed E-state index contributed by atoms with van der Waals surface area (Å²) < 4.78 is 2.16. The van der Waals surface area contributed by atoms with Crippen LogP contribution in [0.1, 0.15) is 22.3 Å². The number of fused-ring (bicyclic) bond motifs is 1. The Labute approximate surface area is 164 Å². The van der Waals surface area contributed by atoms with Gasteiger partial charge in [0.15, 0.2) is 0 Å². The fraction of sp³-hybridized carbons (Fsp3) is 0.143. The van der Waals surface area contributed by atoms with Gasteiger partial charge in [-0.15, -0.1) is 0 Å². The predicted molar refractivity (Wildman–Crippen MR) is 109 cm³/mol. The Morgan fingerprint density at radius 2 is 1.28 bits per heavy atom. The van der Waals surface area contributed by atoms with Gasteiger partial charge in [-0.05, 0) is 46.5 Å². The highest BCUT2D eigenvalue weighted by Crippen LogP contribution is 2.44. The molecule has 1 aliphatic rings. The summed E-state index contributed by atoms with van der Waals surface area (Å²) in [6, 6.07) is 25.8. The number of rotatable bonds is 2. The van der Waals surface area contributed by atoms with E-state index in [9.17, 15) is 0 Å². The maximum atomic E-state index is 6.37. The maximum absolute atomic E-state index is 6.37. The summed E-state index contributed by atoms with van der Waals surface area (Å²) in [7, 11) is 0. The quantitative estimate of drug-likeness (QED) is 0.533. The van der Waals surface area contributed by atoms with Crippen LogP contribution in [0, 0.1) is 0 Å². The van der Waals surface area contributed by atoms with Gasteiger partial charge in [-0.2, -0.15) is 0 Å². The van der Waals surface area contributed by atoms with Crippen molar-refractivity contribution in [1.29, 1.82) is 0 Å². The van der Waals surface area contributed by atoms with E-state index >= 15 is 0 Å². The maximum Gasteiger partial charge on any atom is 0.0595 e. The van der Waals surface area contributed by atoms with Gasteiger partial charge in [0.2, 0.25) is 0 Å². The Kier molecular flexibility index (Phi) is 4.54. The third-order valence-electron chi connectivity index (χ3n) is 4.96. The minimum absolute atomic E-state index is 0.287. The van der Waals surface area contributed by atoms with Gasteiger partial charge in [0.05, 0.1) is 5.41 Å². The Balaban J connectivity index is 2.03. The number of hydrogen-bond acceptors (Lipinski definition) is 2. The lowest BCUT2D eigenvalue weighted by Gasteiger charge is -2.44. The molecule has 3 aromatic rings. The SMILES string of the molecule is NN1Cc2ccccc2C(c2ccc(Br)cc2)(c2ccc(Br)cc2)C1. The summed E-state index contributed by atoms with van der Waals surface area (Å²) in [6.45, 7) is 1.51. The number of hydrogen-bond donors (Lipinski definition) is 1. The molecule has 0 saturated carbocycles. The molecular formula is C21H18Br2N2. The van der Waals surface area contributed by atoms with Crippen LogP contribution in [-0.2, 0) is 12.0 Å². The van der Waals surface area contributed by atoms with Crippen LogP contribution in [-0.4, -0.2) is 11.6 Å². The first kappa shape index (κ1) is 17.0. The van der Waals surface area contributed by atoms with Gasteiger partial charge in [0, 0.05) is 22.0 Å². The van der Waals surface area contributed by atoms with E-state index in [1.165, 1.54) is 22.3 Å². The molecule has 4 heteroatoms. The van der Waals surface area contributed by atoms with E-state index in [0.717, 1.165) is 22.0 Å². The van der Waals surface area contributed by atoms with Crippen LogP contribution in [0.15, 0.2) is 81.7 Å². The third kappa shape index (κ3) is 2.97.